The molecule has 0 aliphatic heterocycles. The molecule has 0 aliphatic rings. The third-order valence-corrected chi connectivity index (χ3v) is 0. The van der Waals surface area contributed by atoms with E-state index in [9.17, 15) is 0 Å². The molecule has 0 N–H and O–H groups in total. The Morgan fingerprint density at radius 3 is 1.25 bits per heavy atom. The van der Waals surface area contributed by atoms with Crippen molar-refractivity contribution in [2.45, 2.75) is 13.8 Å². The Labute approximate surface area is 34.6 Å². The first-order valence-electron chi connectivity index (χ1n) is 1.29. The van der Waals surface area contributed by atoms with Crippen molar-refractivity contribution in [3.05, 3.63) is 0 Å². The summed E-state index contributed by atoms with van der Waals surface area (Å²) in [4.78, 5) is 0. The summed E-state index contributed by atoms with van der Waals surface area (Å²) in [6.45, 7) is 4.00. The topological polar surface area (TPSA) is 17.1 Å². The van der Waals surface area contributed by atoms with E-state index in [-0.39, 0.29) is 0 Å². The maximum absolute atomic E-state index is 8.28. The van der Waals surface area contributed by atoms with E-state index >= 15 is 0 Å². The van der Waals surface area contributed by atoms with Crippen molar-refractivity contribution in [3.63, 3.8) is 0 Å². The third-order valence-electron chi connectivity index (χ3n) is 0. The monoisotopic (exact) mass is 74.0 g/mol. The molecule has 1 nitrogen and oxygen atoms in total. The molecule has 4 heavy (non-hydrogen) atoms. The van der Waals surface area contributed by atoms with Gasteiger partial charge in [0.05, 0.1) is 0 Å². The zero-order valence-corrected chi connectivity index (χ0v) is 4.53. The Morgan fingerprint density at radius 2 is 1.25 bits per heavy atom. The minimum atomic E-state index is 0.611. The van der Waals surface area contributed by atoms with E-state index < -0.39 is 0 Å². The van der Waals surface area contributed by atoms with Crippen LogP contribution in [0.15, 0.2) is 0 Å². The molecule has 0 aromatic carbocycles. The standard InChI is InChI=1S/C2H6.Al.O.H/c1-2;;;/h1-2H3;;;. The Hall–Kier alpha value is 0.332. The van der Waals surface area contributed by atoms with Gasteiger partial charge < -0.3 is 0 Å². The summed E-state index contributed by atoms with van der Waals surface area (Å²) in [6, 6.07) is 0. The number of rotatable bonds is 0. The van der Waals surface area contributed by atoms with Crippen LogP contribution in [-0.4, -0.2) is 16.2 Å². The first-order chi connectivity index (χ1) is 2.00. The molecule has 0 atom stereocenters. The van der Waals surface area contributed by atoms with E-state index in [4.69, 9.17) is 3.80 Å². The van der Waals surface area contributed by atoms with Gasteiger partial charge in [0.25, 0.3) is 0 Å². The van der Waals surface area contributed by atoms with Crippen LogP contribution >= 0.6 is 0 Å². The van der Waals surface area contributed by atoms with Crippen LogP contribution in [0.5, 0.6) is 0 Å². The molecule has 24 valence electrons. The van der Waals surface area contributed by atoms with Crippen molar-refractivity contribution in [3.8, 4) is 0 Å². The normalized spacial score (nSPS) is 2.25. The predicted molar refractivity (Wildman–Crippen MR) is 19.2 cm³/mol. The van der Waals surface area contributed by atoms with E-state index in [0.717, 1.165) is 0 Å². The molecule has 0 saturated heterocycles. The summed E-state index contributed by atoms with van der Waals surface area (Å²) in [5.74, 6) is 0. The molecule has 0 aromatic heterocycles. The molecular formula is C2H7AlO. The molecular weight excluding hydrogens is 67.0 g/mol. The van der Waals surface area contributed by atoms with Crippen LogP contribution in [0.1, 0.15) is 13.8 Å². The Morgan fingerprint density at radius 1 is 1.25 bits per heavy atom. The first-order valence-corrected chi connectivity index (χ1v) is 1.87. The average molecular weight is 74.1 g/mol. The minimum absolute atomic E-state index is 0.611. The van der Waals surface area contributed by atoms with Crippen molar-refractivity contribution in [1.82, 2.24) is 0 Å². The Kier molecular flexibility index (Phi) is 363. The van der Waals surface area contributed by atoms with Crippen molar-refractivity contribution >= 4 is 16.2 Å². The molecule has 0 rings (SSSR count). The van der Waals surface area contributed by atoms with E-state index in [1.807, 2.05) is 13.8 Å². The second-order valence-corrected chi connectivity index (χ2v) is 0. The van der Waals surface area contributed by atoms with Gasteiger partial charge in [-0.2, -0.15) is 0 Å². The molecule has 0 unspecified atom stereocenters. The molecule has 0 amide bonds. The van der Waals surface area contributed by atoms with Gasteiger partial charge in [-0.15, -0.1) is 0 Å². The fourth-order valence-electron chi connectivity index (χ4n) is 0. The van der Waals surface area contributed by atoms with Crippen LogP contribution in [0, 0.1) is 0 Å². The number of hydrogen-bond donors (Lipinski definition) is 0. The van der Waals surface area contributed by atoms with Gasteiger partial charge in [0.1, 0.15) is 0 Å². The summed E-state index contributed by atoms with van der Waals surface area (Å²) < 4.78 is 8.28. The quantitative estimate of drug-likeness (QED) is 0.376. The van der Waals surface area contributed by atoms with Crippen LogP contribution < -0.4 is 0 Å². The van der Waals surface area contributed by atoms with Crippen LogP contribution in [0.4, 0.5) is 0 Å². The van der Waals surface area contributed by atoms with Crippen molar-refractivity contribution in [1.29, 1.82) is 0 Å². The molecule has 0 spiro atoms. The molecule has 2 heteroatoms. The van der Waals surface area contributed by atoms with Gasteiger partial charge >= 0.3 is 20.0 Å². The van der Waals surface area contributed by atoms with Crippen LogP contribution in [0.2, 0.25) is 0 Å². The van der Waals surface area contributed by atoms with Gasteiger partial charge in [-0.1, -0.05) is 13.8 Å². The zero-order chi connectivity index (χ0) is 4.00. The van der Waals surface area contributed by atoms with E-state index in [1.165, 1.54) is 0 Å². The van der Waals surface area contributed by atoms with E-state index in [2.05, 4.69) is 0 Å². The molecule has 0 radical (unpaired) electrons. The fraction of sp³-hybridized carbons (Fsp3) is 1.00. The summed E-state index contributed by atoms with van der Waals surface area (Å²) in [5, 5.41) is 0. The summed E-state index contributed by atoms with van der Waals surface area (Å²) in [5.41, 5.74) is 0. The van der Waals surface area contributed by atoms with E-state index in [0.29, 0.717) is 16.2 Å². The molecule has 0 heterocycles. The number of hydrogen-bond acceptors (Lipinski definition) is 1. The molecule has 0 bridgehead atoms. The Bertz CT molecular complexity index is 6.00. The summed E-state index contributed by atoms with van der Waals surface area (Å²) in [6.07, 6.45) is 0. The molecule has 0 saturated carbocycles. The van der Waals surface area contributed by atoms with Gasteiger partial charge in [-0.3, -0.25) is 0 Å². The molecule has 0 aliphatic carbocycles. The van der Waals surface area contributed by atoms with Crippen molar-refractivity contribution in [2.24, 2.45) is 0 Å². The van der Waals surface area contributed by atoms with Gasteiger partial charge in [0, 0.05) is 0 Å². The van der Waals surface area contributed by atoms with Crippen LogP contribution in [-0.2, 0) is 3.80 Å². The third kappa shape index (κ3) is 37.5. The van der Waals surface area contributed by atoms with Crippen molar-refractivity contribution in [2.75, 3.05) is 0 Å². The van der Waals surface area contributed by atoms with Crippen LogP contribution in [0.25, 0.3) is 0 Å². The first kappa shape index (κ1) is 8.84. The summed E-state index contributed by atoms with van der Waals surface area (Å²) >= 11 is 0.611. The van der Waals surface area contributed by atoms with Gasteiger partial charge in [0.15, 0.2) is 0 Å². The average Bonchev–Trinajstić information content (AvgIpc) is 1.50. The van der Waals surface area contributed by atoms with Gasteiger partial charge in [-0.25, -0.2) is 0 Å². The second kappa shape index (κ2) is 164. The van der Waals surface area contributed by atoms with E-state index in [1.54, 1.807) is 0 Å². The van der Waals surface area contributed by atoms with Gasteiger partial charge in [-0.05, 0) is 0 Å². The Balaban J connectivity index is 0. The predicted octanol–water partition coefficient (Wildman–Crippen LogP) is 0.259. The maximum atomic E-state index is 8.28. The van der Waals surface area contributed by atoms with Gasteiger partial charge in [0.2, 0.25) is 0 Å². The van der Waals surface area contributed by atoms with Crippen LogP contribution in [0.3, 0.4) is 0 Å². The second-order valence-electron chi connectivity index (χ2n) is 0. The molecule has 0 aromatic rings. The zero-order valence-electron chi connectivity index (χ0n) is 3.12. The summed E-state index contributed by atoms with van der Waals surface area (Å²) in [7, 11) is 0. The molecule has 0 fully saturated rings. The van der Waals surface area contributed by atoms with Crippen molar-refractivity contribution < 1.29 is 3.80 Å². The fourth-order valence-corrected chi connectivity index (χ4v) is 0. The SMILES string of the molecule is CC.[O]=[AlH].